The maximum atomic E-state index is 10.6. The van der Waals surface area contributed by atoms with E-state index in [-0.39, 0.29) is 18.4 Å². The number of aliphatic imine (C=N–C) groups is 1. The molecular weight excluding hydrogens is 182 g/mol. The summed E-state index contributed by atoms with van der Waals surface area (Å²) in [7, 11) is 0. The van der Waals surface area contributed by atoms with Crippen molar-refractivity contribution in [1.82, 2.24) is 10.7 Å². The highest BCUT2D eigenvalue weighted by Gasteiger charge is 2.21. The van der Waals surface area contributed by atoms with Crippen molar-refractivity contribution in [3.63, 3.8) is 0 Å². The topological polar surface area (TPSA) is 106 Å². The Hall–Kier alpha value is -1.30. The SMILES string of the molecule is CC(CC(N)=O)NC(=NC1CC1)NN. The summed E-state index contributed by atoms with van der Waals surface area (Å²) < 4.78 is 0. The van der Waals surface area contributed by atoms with Gasteiger partial charge in [-0.3, -0.25) is 10.2 Å². The van der Waals surface area contributed by atoms with E-state index in [9.17, 15) is 4.79 Å². The first kappa shape index (κ1) is 10.8. The molecule has 1 aliphatic carbocycles. The van der Waals surface area contributed by atoms with Gasteiger partial charge in [-0.05, 0) is 19.8 Å². The Morgan fingerprint density at radius 3 is 2.71 bits per heavy atom. The lowest BCUT2D eigenvalue weighted by Gasteiger charge is -2.14. The maximum absolute atomic E-state index is 10.6. The van der Waals surface area contributed by atoms with E-state index in [4.69, 9.17) is 11.6 Å². The molecule has 1 amide bonds. The lowest BCUT2D eigenvalue weighted by Crippen LogP contribution is -2.46. The Balaban J connectivity index is 2.34. The van der Waals surface area contributed by atoms with E-state index < -0.39 is 0 Å². The summed E-state index contributed by atoms with van der Waals surface area (Å²) in [6.07, 6.45) is 2.49. The monoisotopic (exact) mass is 199 g/mol. The Morgan fingerprint density at radius 1 is 1.64 bits per heavy atom. The average molecular weight is 199 g/mol. The lowest BCUT2D eigenvalue weighted by atomic mass is 10.2. The molecule has 0 spiro atoms. The molecule has 0 aromatic carbocycles. The fourth-order valence-corrected chi connectivity index (χ4v) is 1.09. The quantitative estimate of drug-likeness (QED) is 0.198. The van der Waals surface area contributed by atoms with Gasteiger partial charge < -0.3 is 11.1 Å². The molecule has 0 radical (unpaired) electrons. The van der Waals surface area contributed by atoms with Crippen molar-refractivity contribution in [2.75, 3.05) is 0 Å². The van der Waals surface area contributed by atoms with E-state index >= 15 is 0 Å². The van der Waals surface area contributed by atoms with Crippen molar-refractivity contribution < 1.29 is 4.79 Å². The van der Waals surface area contributed by atoms with Gasteiger partial charge in [0.15, 0.2) is 0 Å². The number of nitrogens with zero attached hydrogens (tertiary/aromatic N) is 1. The number of carbonyl (C=O) groups excluding carboxylic acids is 1. The molecule has 80 valence electrons. The first-order chi connectivity index (χ1) is 6.61. The zero-order valence-electron chi connectivity index (χ0n) is 8.29. The van der Waals surface area contributed by atoms with E-state index in [0.29, 0.717) is 12.0 Å². The molecule has 0 heterocycles. The van der Waals surface area contributed by atoms with Crippen LogP contribution in [-0.4, -0.2) is 24.0 Å². The third-order valence-corrected chi connectivity index (χ3v) is 1.89. The van der Waals surface area contributed by atoms with E-state index in [2.05, 4.69) is 15.7 Å². The van der Waals surface area contributed by atoms with Gasteiger partial charge in [-0.1, -0.05) is 0 Å². The highest BCUT2D eigenvalue weighted by atomic mass is 16.1. The highest BCUT2D eigenvalue weighted by molar-refractivity contribution is 5.81. The number of primary amides is 1. The molecule has 14 heavy (non-hydrogen) atoms. The number of hydrogen-bond acceptors (Lipinski definition) is 3. The molecular formula is C8H17N5O. The van der Waals surface area contributed by atoms with Crippen molar-refractivity contribution in [2.24, 2.45) is 16.6 Å². The molecule has 1 rings (SSSR count). The summed E-state index contributed by atoms with van der Waals surface area (Å²) in [5.74, 6) is 5.46. The number of nitrogens with one attached hydrogen (secondary N) is 2. The molecule has 0 aromatic heterocycles. The van der Waals surface area contributed by atoms with Gasteiger partial charge in [0.25, 0.3) is 0 Å². The number of amides is 1. The zero-order valence-corrected chi connectivity index (χ0v) is 8.29. The second-order valence-corrected chi connectivity index (χ2v) is 3.57. The van der Waals surface area contributed by atoms with Gasteiger partial charge in [0, 0.05) is 12.5 Å². The van der Waals surface area contributed by atoms with Crippen molar-refractivity contribution in [3.8, 4) is 0 Å². The van der Waals surface area contributed by atoms with Crippen LogP contribution in [0.3, 0.4) is 0 Å². The minimum atomic E-state index is -0.340. The van der Waals surface area contributed by atoms with Crippen molar-refractivity contribution in [3.05, 3.63) is 0 Å². The average Bonchev–Trinajstić information content (AvgIpc) is 2.85. The van der Waals surface area contributed by atoms with Crippen LogP contribution in [0.25, 0.3) is 0 Å². The van der Waals surface area contributed by atoms with Crippen LogP contribution in [0.5, 0.6) is 0 Å². The summed E-state index contributed by atoms with van der Waals surface area (Å²) in [5.41, 5.74) is 7.52. The van der Waals surface area contributed by atoms with E-state index in [0.717, 1.165) is 12.8 Å². The minimum Gasteiger partial charge on any atom is -0.370 e. The van der Waals surface area contributed by atoms with Crippen LogP contribution < -0.4 is 22.3 Å². The smallest absolute Gasteiger partial charge is 0.219 e. The van der Waals surface area contributed by atoms with E-state index in [1.165, 1.54) is 0 Å². The summed E-state index contributed by atoms with van der Waals surface area (Å²) in [4.78, 5) is 14.9. The van der Waals surface area contributed by atoms with Gasteiger partial charge in [-0.25, -0.2) is 10.8 Å². The molecule has 1 saturated carbocycles. The molecule has 1 aliphatic rings. The van der Waals surface area contributed by atoms with E-state index in [1.807, 2.05) is 6.92 Å². The fourth-order valence-electron chi connectivity index (χ4n) is 1.09. The largest absolute Gasteiger partial charge is 0.370 e. The number of guanidine groups is 1. The minimum absolute atomic E-state index is 0.0546. The first-order valence-electron chi connectivity index (χ1n) is 4.71. The maximum Gasteiger partial charge on any atom is 0.219 e. The van der Waals surface area contributed by atoms with Gasteiger partial charge in [0.05, 0.1) is 6.04 Å². The Bertz CT molecular complexity index is 236. The van der Waals surface area contributed by atoms with Crippen LogP contribution in [0.4, 0.5) is 0 Å². The van der Waals surface area contributed by atoms with Crippen LogP contribution >= 0.6 is 0 Å². The predicted octanol–water partition coefficient (Wildman–Crippen LogP) is -1.18. The normalized spacial score (nSPS) is 18.9. The van der Waals surface area contributed by atoms with Crippen LogP contribution in [-0.2, 0) is 4.79 Å². The van der Waals surface area contributed by atoms with Gasteiger partial charge in [0.2, 0.25) is 11.9 Å². The van der Waals surface area contributed by atoms with Gasteiger partial charge in [-0.2, -0.15) is 0 Å². The standard InChI is InChI=1S/C8H17N5O/c1-5(4-7(9)14)11-8(13-10)12-6-2-3-6/h5-6H,2-4,10H2,1H3,(H2,9,14)(H2,11,12,13). The predicted molar refractivity (Wildman–Crippen MR) is 54.2 cm³/mol. The van der Waals surface area contributed by atoms with Crippen LogP contribution in [0.1, 0.15) is 26.2 Å². The third kappa shape index (κ3) is 4.08. The molecule has 0 saturated heterocycles. The summed E-state index contributed by atoms with van der Waals surface area (Å²) in [6, 6.07) is 0.329. The molecule has 0 bridgehead atoms. The number of carbonyl (C=O) groups is 1. The second kappa shape index (κ2) is 4.80. The first-order valence-corrected chi connectivity index (χ1v) is 4.71. The van der Waals surface area contributed by atoms with Gasteiger partial charge >= 0.3 is 0 Å². The Morgan fingerprint density at radius 2 is 2.29 bits per heavy atom. The zero-order chi connectivity index (χ0) is 10.6. The van der Waals surface area contributed by atoms with E-state index in [1.54, 1.807) is 0 Å². The van der Waals surface area contributed by atoms with Crippen LogP contribution in [0.15, 0.2) is 4.99 Å². The molecule has 0 aromatic rings. The van der Waals surface area contributed by atoms with Crippen LogP contribution in [0, 0.1) is 0 Å². The second-order valence-electron chi connectivity index (χ2n) is 3.57. The van der Waals surface area contributed by atoms with Gasteiger partial charge in [-0.15, -0.1) is 0 Å². The summed E-state index contributed by atoms with van der Waals surface area (Å²) >= 11 is 0. The fraction of sp³-hybridized carbons (Fsp3) is 0.750. The summed E-state index contributed by atoms with van der Waals surface area (Å²) in [5, 5.41) is 2.98. The number of hydrazine groups is 1. The van der Waals surface area contributed by atoms with Crippen molar-refractivity contribution in [1.29, 1.82) is 0 Å². The number of hydrogen-bond donors (Lipinski definition) is 4. The van der Waals surface area contributed by atoms with Crippen molar-refractivity contribution in [2.45, 2.75) is 38.3 Å². The molecule has 1 atom stereocenters. The Labute approximate surface area is 83.1 Å². The van der Waals surface area contributed by atoms with Crippen molar-refractivity contribution >= 4 is 11.9 Å². The molecule has 6 N–H and O–H groups in total. The molecule has 6 heteroatoms. The lowest BCUT2D eigenvalue weighted by molar-refractivity contribution is -0.118. The third-order valence-electron chi connectivity index (χ3n) is 1.89. The summed E-state index contributed by atoms with van der Waals surface area (Å²) in [6.45, 7) is 1.85. The number of rotatable bonds is 4. The van der Waals surface area contributed by atoms with Gasteiger partial charge in [0.1, 0.15) is 0 Å². The molecule has 1 fully saturated rings. The highest BCUT2D eigenvalue weighted by Crippen LogP contribution is 2.23. The molecule has 1 unspecified atom stereocenters. The van der Waals surface area contributed by atoms with Crippen LogP contribution in [0.2, 0.25) is 0 Å². The molecule has 0 aliphatic heterocycles. The molecule has 6 nitrogen and oxygen atoms in total. The number of nitrogens with two attached hydrogens (primary N) is 2. The Kier molecular flexibility index (Phi) is 3.70.